The number of nitrogens with two attached hydrogens (primary N) is 2. The van der Waals surface area contributed by atoms with E-state index in [0.29, 0.717) is 0 Å². The molecule has 6 heteroatoms. The van der Waals surface area contributed by atoms with E-state index < -0.39 is 18.9 Å². The summed E-state index contributed by atoms with van der Waals surface area (Å²) in [5.74, 6) is 3.20. The van der Waals surface area contributed by atoms with Crippen molar-refractivity contribution in [2.45, 2.75) is 31.3 Å². The van der Waals surface area contributed by atoms with Crippen molar-refractivity contribution < 1.29 is 9.09 Å². The molecule has 4 nitrogen and oxygen atoms in total. The van der Waals surface area contributed by atoms with Crippen LogP contribution in [0.2, 0.25) is 0 Å². The van der Waals surface area contributed by atoms with Crippen LogP contribution in [0.3, 0.4) is 0 Å². The molecule has 0 radical (unpaired) electrons. The standard InChI is InChI=1S/C10H17N2O2P.ClH/c1-4-7-9(11)15(13,14-6-3)10(12)8-5-2;/h1-2,9-10H,6-8,11-12H2,3H3;1H. The van der Waals surface area contributed by atoms with Crippen LogP contribution >= 0.6 is 19.8 Å². The Kier molecular flexibility index (Phi) is 9.67. The first-order valence-corrected chi connectivity index (χ1v) is 6.41. The maximum Gasteiger partial charge on any atom is 0.237 e. The van der Waals surface area contributed by atoms with Gasteiger partial charge in [0.1, 0.15) is 0 Å². The lowest BCUT2D eigenvalue weighted by molar-refractivity contribution is 0.317. The monoisotopic (exact) mass is 264 g/mol. The van der Waals surface area contributed by atoms with Crippen molar-refractivity contribution >= 4 is 19.8 Å². The first kappa shape index (κ1) is 17.9. The molecule has 0 aliphatic rings. The highest BCUT2D eigenvalue weighted by molar-refractivity contribution is 7.60. The molecule has 16 heavy (non-hydrogen) atoms. The van der Waals surface area contributed by atoms with Crippen molar-refractivity contribution in [1.82, 2.24) is 0 Å². The molecular weight excluding hydrogens is 247 g/mol. The fraction of sp³-hybridized carbons (Fsp3) is 0.600. The Morgan fingerprint density at radius 1 is 1.25 bits per heavy atom. The molecule has 0 saturated carbocycles. The summed E-state index contributed by atoms with van der Waals surface area (Å²) in [6.07, 6.45) is 10.5. The SMILES string of the molecule is C#CCC(N)P(=O)(OCC)C(N)CC#C.Cl. The molecular formula is C10H18ClN2O2P. The van der Waals surface area contributed by atoms with Crippen LogP contribution in [0.15, 0.2) is 0 Å². The first-order valence-electron chi connectivity index (χ1n) is 4.64. The topological polar surface area (TPSA) is 78.3 Å². The summed E-state index contributed by atoms with van der Waals surface area (Å²) < 4.78 is 17.5. The molecule has 0 rings (SSSR count). The molecule has 0 aromatic heterocycles. The zero-order valence-corrected chi connectivity index (χ0v) is 11.0. The van der Waals surface area contributed by atoms with Gasteiger partial charge < -0.3 is 16.0 Å². The summed E-state index contributed by atoms with van der Waals surface area (Å²) in [7, 11) is -3.16. The number of hydrogen-bond acceptors (Lipinski definition) is 4. The minimum Gasteiger partial charge on any atom is -0.327 e. The second-order valence-electron chi connectivity index (χ2n) is 3.01. The molecule has 0 spiro atoms. The van der Waals surface area contributed by atoms with Gasteiger partial charge in [0.2, 0.25) is 7.37 Å². The smallest absolute Gasteiger partial charge is 0.237 e. The van der Waals surface area contributed by atoms with Crippen molar-refractivity contribution in [3.8, 4) is 24.7 Å². The molecule has 0 saturated heterocycles. The molecule has 2 atom stereocenters. The van der Waals surface area contributed by atoms with Crippen LogP contribution in [0.4, 0.5) is 0 Å². The van der Waals surface area contributed by atoms with E-state index in [0.717, 1.165) is 0 Å². The van der Waals surface area contributed by atoms with Gasteiger partial charge in [-0.05, 0) is 6.92 Å². The van der Waals surface area contributed by atoms with E-state index in [4.69, 9.17) is 28.8 Å². The van der Waals surface area contributed by atoms with Crippen molar-refractivity contribution in [3.05, 3.63) is 0 Å². The average Bonchev–Trinajstić information content (AvgIpc) is 2.18. The Bertz CT molecular complexity index is 296. The van der Waals surface area contributed by atoms with Gasteiger partial charge in [-0.2, -0.15) is 0 Å². The Morgan fingerprint density at radius 2 is 1.62 bits per heavy atom. The normalized spacial score (nSPS) is 17.1. The van der Waals surface area contributed by atoms with Gasteiger partial charge in [-0.1, -0.05) is 0 Å². The zero-order valence-electron chi connectivity index (χ0n) is 9.26. The lowest BCUT2D eigenvalue weighted by Crippen LogP contribution is -2.32. The Balaban J connectivity index is 0. The number of rotatable bonds is 6. The Morgan fingerprint density at radius 3 is 1.88 bits per heavy atom. The average molecular weight is 265 g/mol. The minimum absolute atomic E-state index is 0. The fourth-order valence-corrected chi connectivity index (χ4v) is 3.13. The molecule has 0 aromatic rings. The lowest BCUT2D eigenvalue weighted by atomic mass is 10.4. The van der Waals surface area contributed by atoms with E-state index in [-0.39, 0.29) is 31.9 Å². The zero-order chi connectivity index (χ0) is 11.9. The van der Waals surface area contributed by atoms with Gasteiger partial charge in [0.05, 0.1) is 18.2 Å². The third-order valence-electron chi connectivity index (χ3n) is 1.91. The molecule has 0 amide bonds. The van der Waals surface area contributed by atoms with Crippen molar-refractivity contribution in [1.29, 1.82) is 0 Å². The van der Waals surface area contributed by atoms with Crippen LogP contribution < -0.4 is 11.5 Å². The van der Waals surface area contributed by atoms with Gasteiger partial charge in [-0.15, -0.1) is 37.1 Å². The summed E-state index contributed by atoms with van der Waals surface area (Å²) in [5.41, 5.74) is 11.4. The van der Waals surface area contributed by atoms with E-state index in [1.165, 1.54) is 0 Å². The molecule has 2 unspecified atom stereocenters. The molecule has 92 valence electrons. The fourth-order valence-electron chi connectivity index (χ4n) is 1.14. The van der Waals surface area contributed by atoms with Crippen LogP contribution in [-0.4, -0.2) is 18.2 Å². The molecule has 4 N–H and O–H groups in total. The second kappa shape index (κ2) is 8.65. The molecule has 0 bridgehead atoms. The van der Waals surface area contributed by atoms with Gasteiger partial charge in [0, 0.05) is 12.8 Å². The number of hydrogen-bond donors (Lipinski definition) is 2. The van der Waals surface area contributed by atoms with Crippen LogP contribution in [0.1, 0.15) is 19.8 Å². The molecule has 0 aliphatic carbocycles. The third kappa shape index (κ3) is 4.58. The molecule has 0 heterocycles. The van der Waals surface area contributed by atoms with Gasteiger partial charge in [-0.3, -0.25) is 4.57 Å². The number of halogens is 1. The van der Waals surface area contributed by atoms with Crippen molar-refractivity contribution in [3.63, 3.8) is 0 Å². The predicted octanol–water partition coefficient (Wildman–Crippen LogP) is 1.34. The Hall–Kier alpha value is -0.480. The quantitative estimate of drug-likeness (QED) is 0.561. The lowest BCUT2D eigenvalue weighted by Gasteiger charge is -2.27. The summed E-state index contributed by atoms with van der Waals surface area (Å²) in [4.78, 5) is 0. The largest absolute Gasteiger partial charge is 0.327 e. The van der Waals surface area contributed by atoms with E-state index in [2.05, 4.69) is 11.8 Å². The van der Waals surface area contributed by atoms with Gasteiger partial charge >= 0.3 is 0 Å². The molecule has 0 aromatic carbocycles. The summed E-state index contributed by atoms with van der Waals surface area (Å²) in [5, 5.41) is 0. The first-order chi connectivity index (χ1) is 7.02. The maximum atomic E-state index is 12.3. The van der Waals surface area contributed by atoms with Crippen LogP contribution in [0.5, 0.6) is 0 Å². The Labute approximate surface area is 103 Å². The van der Waals surface area contributed by atoms with E-state index in [1.807, 2.05) is 0 Å². The number of terminal acetylenes is 2. The van der Waals surface area contributed by atoms with Crippen LogP contribution in [-0.2, 0) is 9.09 Å². The highest BCUT2D eigenvalue weighted by atomic mass is 35.5. The minimum atomic E-state index is -3.16. The summed E-state index contributed by atoms with van der Waals surface area (Å²) >= 11 is 0. The highest BCUT2D eigenvalue weighted by Crippen LogP contribution is 2.54. The maximum absolute atomic E-state index is 12.3. The van der Waals surface area contributed by atoms with Gasteiger partial charge in [0.25, 0.3) is 0 Å². The molecule has 0 fully saturated rings. The van der Waals surface area contributed by atoms with Crippen LogP contribution in [0.25, 0.3) is 0 Å². The van der Waals surface area contributed by atoms with E-state index in [9.17, 15) is 4.57 Å². The second-order valence-corrected chi connectivity index (χ2v) is 5.89. The molecule has 0 aliphatic heterocycles. The van der Waals surface area contributed by atoms with Gasteiger partial charge in [-0.25, -0.2) is 0 Å². The van der Waals surface area contributed by atoms with Crippen LogP contribution in [0, 0.1) is 24.7 Å². The van der Waals surface area contributed by atoms with Crippen molar-refractivity contribution in [2.75, 3.05) is 6.61 Å². The third-order valence-corrected chi connectivity index (χ3v) is 4.79. The van der Waals surface area contributed by atoms with E-state index >= 15 is 0 Å². The van der Waals surface area contributed by atoms with Crippen molar-refractivity contribution in [2.24, 2.45) is 11.5 Å². The summed E-state index contributed by atoms with van der Waals surface area (Å²) in [6, 6.07) is 0. The summed E-state index contributed by atoms with van der Waals surface area (Å²) in [6.45, 7) is 1.99. The highest BCUT2D eigenvalue weighted by Gasteiger charge is 2.36. The van der Waals surface area contributed by atoms with Gasteiger partial charge in [0.15, 0.2) is 0 Å². The van der Waals surface area contributed by atoms with E-state index in [1.54, 1.807) is 6.92 Å². The predicted molar refractivity (Wildman–Crippen MR) is 69.3 cm³/mol.